The lowest BCUT2D eigenvalue weighted by molar-refractivity contribution is -0.0698. The molecule has 4 heteroatoms. The highest BCUT2D eigenvalue weighted by molar-refractivity contribution is 4.91. The topological polar surface area (TPSA) is 33.7 Å². The van der Waals surface area contributed by atoms with E-state index >= 15 is 0 Å². The first-order valence-electron chi connectivity index (χ1n) is 9.03. The van der Waals surface area contributed by atoms with Crippen LogP contribution in [0.3, 0.4) is 0 Å². The van der Waals surface area contributed by atoms with Gasteiger partial charge in [-0.05, 0) is 57.5 Å². The monoisotopic (exact) mass is 296 g/mol. The first-order valence-corrected chi connectivity index (χ1v) is 9.03. The Balaban J connectivity index is 1.55. The molecule has 3 aliphatic rings. The highest BCUT2D eigenvalue weighted by Gasteiger charge is 2.36. The maximum absolute atomic E-state index is 6.26. The zero-order valence-corrected chi connectivity index (χ0v) is 13.6. The predicted molar refractivity (Wildman–Crippen MR) is 84.6 cm³/mol. The Morgan fingerprint density at radius 2 is 2.10 bits per heavy atom. The maximum Gasteiger partial charge on any atom is 0.0855 e. The van der Waals surface area contributed by atoms with Crippen LogP contribution in [-0.2, 0) is 9.47 Å². The van der Waals surface area contributed by atoms with Crippen LogP contribution in [-0.4, -0.2) is 62.5 Å². The van der Waals surface area contributed by atoms with E-state index in [2.05, 4.69) is 17.1 Å². The fourth-order valence-corrected chi connectivity index (χ4v) is 4.12. The van der Waals surface area contributed by atoms with Gasteiger partial charge in [0.2, 0.25) is 0 Å². The quantitative estimate of drug-likeness (QED) is 0.813. The number of hydrogen-bond donors (Lipinski definition) is 1. The minimum absolute atomic E-state index is 0.383. The van der Waals surface area contributed by atoms with Crippen molar-refractivity contribution in [2.75, 3.05) is 39.5 Å². The van der Waals surface area contributed by atoms with Crippen LogP contribution >= 0.6 is 0 Å². The van der Waals surface area contributed by atoms with Gasteiger partial charge in [-0.3, -0.25) is 4.90 Å². The van der Waals surface area contributed by atoms with Gasteiger partial charge in [0.25, 0.3) is 0 Å². The third-order valence-electron chi connectivity index (χ3n) is 5.45. The second kappa shape index (κ2) is 7.91. The Kier molecular flexibility index (Phi) is 5.92. The highest BCUT2D eigenvalue weighted by Crippen LogP contribution is 2.27. The largest absolute Gasteiger partial charge is 0.381 e. The number of fused-ring (bicyclic) bond motifs is 1. The van der Waals surface area contributed by atoms with E-state index in [1.54, 1.807) is 0 Å². The molecule has 0 aromatic carbocycles. The van der Waals surface area contributed by atoms with E-state index in [4.69, 9.17) is 9.47 Å². The summed E-state index contributed by atoms with van der Waals surface area (Å²) in [6.45, 7) is 8.62. The molecule has 1 N–H and O–H groups in total. The van der Waals surface area contributed by atoms with E-state index in [1.807, 2.05) is 0 Å². The summed E-state index contributed by atoms with van der Waals surface area (Å²) in [4.78, 5) is 2.67. The van der Waals surface area contributed by atoms with Gasteiger partial charge in [0.05, 0.1) is 12.7 Å². The lowest BCUT2D eigenvalue weighted by Gasteiger charge is -2.40. The molecule has 0 amide bonds. The molecule has 0 spiro atoms. The Labute approximate surface area is 129 Å². The Morgan fingerprint density at radius 1 is 1.24 bits per heavy atom. The van der Waals surface area contributed by atoms with Crippen molar-refractivity contribution in [3.8, 4) is 0 Å². The predicted octanol–water partition coefficient (Wildman–Crippen LogP) is 2.03. The zero-order valence-electron chi connectivity index (χ0n) is 13.6. The molecule has 3 atom stereocenters. The van der Waals surface area contributed by atoms with Crippen molar-refractivity contribution in [3.63, 3.8) is 0 Å². The van der Waals surface area contributed by atoms with Crippen LogP contribution in [0.15, 0.2) is 0 Å². The summed E-state index contributed by atoms with van der Waals surface area (Å²) in [5, 5.41) is 3.77. The molecule has 4 nitrogen and oxygen atoms in total. The molecular formula is C17H32N2O2. The van der Waals surface area contributed by atoms with E-state index in [0.29, 0.717) is 18.2 Å². The van der Waals surface area contributed by atoms with Gasteiger partial charge in [-0.2, -0.15) is 0 Å². The van der Waals surface area contributed by atoms with Crippen LogP contribution in [0.1, 0.15) is 45.4 Å². The number of morpholine rings is 1. The van der Waals surface area contributed by atoms with E-state index in [1.165, 1.54) is 45.1 Å². The van der Waals surface area contributed by atoms with Gasteiger partial charge in [-0.25, -0.2) is 0 Å². The normalized spacial score (nSPS) is 33.0. The number of nitrogens with zero attached hydrogens (tertiary/aromatic N) is 1. The van der Waals surface area contributed by atoms with Crippen LogP contribution in [0.5, 0.6) is 0 Å². The second-order valence-electron chi connectivity index (χ2n) is 7.01. The lowest BCUT2D eigenvalue weighted by Crippen LogP contribution is -2.54. The molecule has 0 saturated carbocycles. The number of rotatable bonds is 6. The summed E-state index contributed by atoms with van der Waals surface area (Å²) >= 11 is 0. The molecule has 3 heterocycles. The fraction of sp³-hybridized carbons (Fsp3) is 1.00. The molecule has 0 aromatic rings. The molecule has 0 radical (unpaired) electrons. The van der Waals surface area contributed by atoms with Crippen molar-refractivity contribution < 1.29 is 9.47 Å². The van der Waals surface area contributed by atoms with Crippen LogP contribution in [0.4, 0.5) is 0 Å². The Morgan fingerprint density at radius 3 is 2.90 bits per heavy atom. The molecule has 3 saturated heterocycles. The standard InChI is InChI=1S/C17H32N2O2/c1-2-7-18-16(11-14-5-9-20-10-6-14)17-12-19-8-3-4-15(19)13-21-17/h14-18H,2-13H2,1H3. The van der Waals surface area contributed by atoms with Gasteiger partial charge in [0.15, 0.2) is 0 Å². The molecular weight excluding hydrogens is 264 g/mol. The van der Waals surface area contributed by atoms with Crippen LogP contribution < -0.4 is 5.32 Å². The molecule has 3 unspecified atom stereocenters. The Hall–Kier alpha value is -0.160. The third kappa shape index (κ3) is 4.19. The SMILES string of the molecule is CCCNC(CC1CCOCC1)C1CN2CCCC2CO1. The van der Waals surface area contributed by atoms with Crippen molar-refractivity contribution in [3.05, 3.63) is 0 Å². The van der Waals surface area contributed by atoms with Crippen molar-refractivity contribution in [1.82, 2.24) is 10.2 Å². The number of ether oxygens (including phenoxy) is 2. The summed E-state index contributed by atoms with van der Waals surface area (Å²) in [7, 11) is 0. The molecule has 122 valence electrons. The third-order valence-corrected chi connectivity index (χ3v) is 5.45. The summed E-state index contributed by atoms with van der Waals surface area (Å²) in [5.74, 6) is 0.813. The van der Waals surface area contributed by atoms with Gasteiger partial charge >= 0.3 is 0 Å². The van der Waals surface area contributed by atoms with Crippen molar-refractivity contribution in [2.24, 2.45) is 5.92 Å². The lowest BCUT2D eigenvalue weighted by atomic mass is 9.89. The number of hydrogen-bond acceptors (Lipinski definition) is 4. The van der Waals surface area contributed by atoms with Crippen LogP contribution in [0.25, 0.3) is 0 Å². The average molecular weight is 296 g/mol. The van der Waals surface area contributed by atoms with E-state index in [9.17, 15) is 0 Å². The first kappa shape index (κ1) is 15.7. The van der Waals surface area contributed by atoms with Gasteiger partial charge < -0.3 is 14.8 Å². The summed E-state index contributed by atoms with van der Waals surface area (Å²) < 4.78 is 11.8. The van der Waals surface area contributed by atoms with E-state index in [0.717, 1.165) is 38.8 Å². The van der Waals surface area contributed by atoms with Crippen LogP contribution in [0, 0.1) is 5.92 Å². The molecule has 3 aliphatic heterocycles. The summed E-state index contributed by atoms with van der Waals surface area (Å²) in [6.07, 6.45) is 7.98. The molecule has 0 aliphatic carbocycles. The van der Waals surface area contributed by atoms with Gasteiger partial charge in [0.1, 0.15) is 0 Å². The van der Waals surface area contributed by atoms with E-state index in [-0.39, 0.29) is 0 Å². The molecule has 0 aromatic heterocycles. The van der Waals surface area contributed by atoms with Crippen molar-refractivity contribution >= 4 is 0 Å². The molecule has 0 bridgehead atoms. The first-order chi connectivity index (χ1) is 10.4. The van der Waals surface area contributed by atoms with Gasteiger partial charge in [-0.1, -0.05) is 6.92 Å². The van der Waals surface area contributed by atoms with Crippen LogP contribution in [0.2, 0.25) is 0 Å². The Bertz CT molecular complexity index is 307. The molecule has 3 fully saturated rings. The fourth-order valence-electron chi connectivity index (χ4n) is 4.12. The smallest absolute Gasteiger partial charge is 0.0855 e. The highest BCUT2D eigenvalue weighted by atomic mass is 16.5. The average Bonchev–Trinajstić information content (AvgIpc) is 3.00. The van der Waals surface area contributed by atoms with Crippen molar-refractivity contribution in [2.45, 2.75) is 63.6 Å². The summed E-state index contributed by atoms with van der Waals surface area (Å²) in [6, 6.07) is 1.23. The minimum Gasteiger partial charge on any atom is -0.381 e. The minimum atomic E-state index is 0.383. The number of nitrogens with one attached hydrogen (secondary N) is 1. The van der Waals surface area contributed by atoms with Gasteiger partial charge in [-0.15, -0.1) is 0 Å². The molecule has 3 rings (SSSR count). The van der Waals surface area contributed by atoms with E-state index < -0.39 is 0 Å². The zero-order chi connectivity index (χ0) is 14.5. The summed E-state index contributed by atoms with van der Waals surface area (Å²) in [5.41, 5.74) is 0. The maximum atomic E-state index is 6.26. The van der Waals surface area contributed by atoms with Crippen molar-refractivity contribution in [1.29, 1.82) is 0 Å². The van der Waals surface area contributed by atoms with Gasteiger partial charge in [0, 0.05) is 31.8 Å². The molecule has 21 heavy (non-hydrogen) atoms. The second-order valence-corrected chi connectivity index (χ2v) is 7.01.